The maximum Gasteiger partial charge on any atom is 0.296 e. The zero-order valence-corrected chi connectivity index (χ0v) is 13.4. The molecule has 1 amide bonds. The van der Waals surface area contributed by atoms with Gasteiger partial charge in [0, 0.05) is 29.3 Å². The summed E-state index contributed by atoms with van der Waals surface area (Å²) in [6, 6.07) is 15.0. The molecule has 3 rings (SSSR count). The molecule has 3 aromatic rings. The summed E-state index contributed by atoms with van der Waals surface area (Å²) in [6.45, 7) is 3.79. The Morgan fingerprint density at radius 3 is 2.48 bits per heavy atom. The Balaban J connectivity index is 1.97. The number of carbonyl (C=O) groups is 2. The molecule has 0 spiro atoms. The molecule has 0 saturated heterocycles. The smallest absolute Gasteiger partial charge is 0.296 e. The van der Waals surface area contributed by atoms with E-state index in [1.807, 2.05) is 67.9 Å². The van der Waals surface area contributed by atoms with Crippen molar-refractivity contribution < 1.29 is 9.59 Å². The van der Waals surface area contributed by atoms with Crippen LogP contribution in [-0.4, -0.2) is 16.3 Å². The van der Waals surface area contributed by atoms with Crippen LogP contribution in [0.15, 0.2) is 48.5 Å². The summed E-state index contributed by atoms with van der Waals surface area (Å²) in [4.78, 5) is 25.0. The second-order valence-electron chi connectivity index (χ2n) is 5.69. The molecule has 0 aliphatic carbocycles. The molecular formula is C19H18N2O2. The van der Waals surface area contributed by atoms with Crippen LogP contribution < -0.4 is 5.32 Å². The molecule has 0 atom stereocenters. The van der Waals surface area contributed by atoms with E-state index in [9.17, 15) is 9.59 Å². The lowest BCUT2D eigenvalue weighted by Crippen LogP contribution is -2.23. The Hall–Kier alpha value is -2.88. The molecule has 0 aliphatic heterocycles. The van der Waals surface area contributed by atoms with Crippen LogP contribution in [0.2, 0.25) is 0 Å². The standard InChI is InChI=1S/C19H18N2O2/c1-12-7-6-8-14(11-12)20-19(23)18(22)17-13(2)21(3)16-10-5-4-9-15(16)17/h4-11H,1-3H3,(H,20,23). The minimum absolute atomic E-state index is 0.466. The van der Waals surface area contributed by atoms with Gasteiger partial charge in [0.1, 0.15) is 0 Å². The Bertz CT molecular complexity index is 922. The summed E-state index contributed by atoms with van der Waals surface area (Å²) >= 11 is 0. The monoisotopic (exact) mass is 306 g/mol. The first kappa shape index (κ1) is 15.0. The van der Waals surface area contributed by atoms with Crippen LogP contribution in [0.5, 0.6) is 0 Å². The number of ketones is 1. The van der Waals surface area contributed by atoms with Gasteiger partial charge in [-0.25, -0.2) is 0 Å². The number of rotatable bonds is 3. The van der Waals surface area contributed by atoms with Gasteiger partial charge in [-0.2, -0.15) is 0 Å². The maximum absolute atomic E-state index is 12.7. The predicted molar refractivity (Wildman–Crippen MR) is 91.8 cm³/mol. The first-order chi connectivity index (χ1) is 11.0. The van der Waals surface area contributed by atoms with Crippen LogP contribution in [0.3, 0.4) is 0 Å². The van der Waals surface area contributed by atoms with Crippen molar-refractivity contribution in [3.05, 3.63) is 65.4 Å². The highest BCUT2D eigenvalue weighted by atomic mass is 16.2. The van der Waals surface area contributed by atoms with Crippen molar-refractivity contribution in [1.82, 2.24) is 4.57 Å². The largest absolute Gasteiger partial charge is 0.347 e. The third-order valence-corrected chi connectivity index (χ3v) is 4.11. The zero-order chi connectivity index (χ0) is 16.6. The van der Waals surface area contributed by atoms with Gasteiger partial charge >= 0.3 is 0 Å². The summed E-state index contributed by atoms with van der Waals surface area (Å²) in [5, 5.41) is 3.49. The lowest BCUT2D eigenvalue weighted by molar-refractivity contribution is -0.112. The molecule has 0 bridgehead atoms. The van der Waals surface area contributed by atoms with Gasteiger partial charge in [0.2, 0.25) is 0 Å². The number of carbonyl (C=O) groups excluding carboxylic acids is 2. The Labute approximate surface area is 134 Å². The Kier molecular flexibility index (Phi) is 3.74. The highest BCUT2D eigenvalue weighted by molar-refractivity contribution is 6.48. The Morgan fingerprint density at radius 2 is 1.74 bits per heavy atom. The van der Waals surface area contributed by atoms with Gasteiger partial charge in [-0.1, -0.05) is 30.3 Å². The van der Waals surface area contributed by atoms with Gasteiger partial charge in [0.15, 0.2) is 0 Å². The average Bonchev–Trinajstić information content (AvgIpc) is 2.79. The molecule has 4 heteroatoms. The van der Waals surface area contributed by atoms with Crippen molar-refractivity contribution in [2.24, 2.45) is 7.05 Å². The highest BCUT2D eigenvalue weighted by Crippen LogP contribution is 2.25. The molecule has 1 N–H and O–H groups in total. The van der Waals surface area contributed by atoms with Crippen LogP contribution in [0, 0.1) is 13.8 Å². The van der Waals surface area contributed by atoms with Crippen molar-refractivity contribution >= 4 is 28.3 Å². The van der Waals surface area contributed by atoms with Crippen molar-refractivity contribution in [2.75, 3.05) is 5.32 Å². The van der Waals surface area contributed by atoms with E-state index < -0.39 is 11.7 Å². The van der Waals surface area contributed by atoms with Crippen LogP contribution in [0.25, 0.3) is 10.9 Å². The maximum atomic E-state index is 12.7. The van der Waals surface area contributed by atoms with Crippen LogP contribution in [-0.2, 0) is 11.8 Å². The van der Waals surface area contributed by atoms with Crippen molar-refractivity contribution in [1.29, 1.82) is 0 Å². The number of anilines is 1. The number of amides is 1. The summed E-state index contributed by atoms with van der Waals surface area (Å²) in [5.74, 6) is -1.13. The zero-order valence-electron chi connectivity index (χ0n) is 13.4. The number of benzene rings is 2. The number of nitrogens with zero attached hydrogens (tertiary/aromatic N) is 1. The number of hydrogen-bond donors (Lipinski definition) is 1. The molecule has 0 fully saturated rings. The fourth-order valence-corrected chi connectivity index (χ4v) is 2.83. The minimum Gasteiger partial charge on any atom is -0.347 e. The quantitative estimate of drug-likeness (QED) is 0.593. The van der Waals surface area contributed by atoms with E-state index in [-0.39, 0.29) is 0 Å². The molecule has 0 saturated carbocycles. The van der Waals surface area contributed by atoms with Gasteiger partial charge in [-0.15, -0.1) is 0 Å². The molecule has 0 aliphatic rings. The summed E-state index contributed by atoms with van der Waals surface area (Å²) in [5.41, 5.74) is 3.85. The van der Waals surface area contributed by atoms with E-state index >= 15 is 0 Å². The molecule has 1 heterocycles. The topological polar surface area (TPSA) is 51.1 Å². The number of aryl methyl sites for hydroxylation is 2. The van der Waals surface area contributed by atoms with Gasteiger partial charge in [0.05, 0.1) is 5.56 Å². The third kappa shape index (κ3) is 2.63. The van der Waals surface area contributed by atoms with E-state index in [2.05, 4.69) is 5.32 Å². The number of hydrogen-bond acceptors (Lipinski definition) is 2. The third-order valence-electron chi connectivity index (χ3n) is 4.11. The van der Waals surface area contributed by atoms with Crippen LogP contribution in [0.4, 0.5) is 5.69 Å². The molecular weight excluding hydrogens is 288 g/mol. The number of Topliss-reactive ketones (excluding diaryl/α,β-unsaturated/α-hetero) is 1. The fourth-order valence-electron chi connectivity index (χ4n) is 2.83. The first-order valence-electron chi connectivity index (χ1n) is 7.45. The van der Waals surface area contributed by atoms with E-state index in [0.29, 0.717) is 11.3 Å². The van der Waals surface area contributed by atoms with E-state index in [0.717, 1.165) is 22.2 Å². The van der Waals surface area contributed by atoms with E-state index in [1.165, 1.54) is 0 Å². The van der Waals surface area contributed by atoms with Crippen LogP contribution in [0.1, 0.15) is 21.6 Å². The molecule has 0 unspecified atom stereocenters. The molecule has 0 radical (unpaired) electrons. The van der Waals surface area contributed by atoms with Crippen molar-refractivity contribution in [3.8, 4) is 0 Å². The lowest BCUT2D eigenvalue weighted by atomic mass is 10.1. The van der Waals surface area contributed by atoms with Gasteiger partial charge in [0.25, 0.3) is 11.7 Å². The second-order valence-corrected chi connectivity index (χ2v) is 5.69. The fraction of sp³-hybridized carbons (Fsp3) is 0.158. The van der Waals surface area contributed by atoms with Gasteiger partial charge in [-0.05, 0) is 37.6 Å². The summed E-state index contributed by atoms with van der Waals surface area (Å²) in [7, 11) is 1.90. The van der Waals surface area contributed by atoms with E-state index in [1.54, 1.807) is 6.07 Å². The van der Waals surface area contributed by atoms with Crippen LogP contribution >= 0.6 is 0 Å². The number of fused-ring (bicyclic) bond motifs is 1. The van der Waals surface area contributed by atoms with Crippen molar-refractivity contribution in [3.63, 3.8) is 0 Å². The first-order valence-corrected chi connectivity index (χ1v) is 7.45. The molecule has 116 valence electrons. The normalized spacial score (nSPS) is 10.7. The predicted octanol–water partition coefficient (Wildman–Crippen LogP) is 3.62. The molecule has 23 heavy (non-hydrogen) atoms. The van der Waals surface area contributed by atoms with E-state index in [4.69, 9.17) is 0 Å². The van der Waals surface area contributed by atoms with Gasteiger partial charge < -0.3 is 9.88 Å². The highest BCUT2D eigenvalue weighted by Gasteiger charge is 2.24. The number of aromatic nitrogens is 1. The summed E-state index contributed by atoms with van der Waals surface area (Å²) in [6.07, 6.45) is 0. The number of para-hydroxylation sites is 1. The SMILES string of the molecule is Cc1cccc(NC(=O)C(=O)c2c(C)n(C)c3ccccc23)c1. The molecule has 2 aromatic carbocycles. The average molecular weight is 306 g/mol. The van der Waals surface area contributed by atoms with Crippen molar-refractivity contribution in [2.45, 2.75) is 13.8 Å². The lowest BCUT2D eigenvalue weighted by Gasteiger charge is -2.06. The number of nitrogens with one attached hydrogen (secondary N) is 1. The second kappa shape index (κ2) is 5.72. The summed E-state index contributed by atoms with van der Waals surface area (Å²) < 4.78 is 1.93. The molecule has 4 nitrogen and oxygen atoms in total. The van der Waals surface area contributed by atoms with Gasteiger partial charge in [-0.3, -0.25) is 9.59 Å². The minimum atomic E-state index is -0.616. The Morgan fingerprint density at radius 1 is 1.00 bits per heavy atom. The molecule has 1 aromatic heterocycles.